The van der Waals surface area contributed by atoms with Gasteiger partial charge in [-0.1, -0.05) is 11.6 Å². The number of rotatable bonds is 0. The van der Waals surface area contributed by atoms with Crippen molar-refractivity contribution in [3.05, 3.63) is 59.4 Å². The van der Waals surface area contributed by atoms with Crippen LogP contribution in [0, 0.1) is 19.7 Å². The maximum absolute atomic E-state index is 13.5. The Hall–Kier alpha value is -2.42. The minimum atomic E-state index is -0.228. The van der Waals surface area contributed by atoms with Crippen molar-refractivity contribution in [1.82, 2.24) is 9.61 Å². The Kier molecular flexibility index (Phi) is 2.16. The second-order valence-corrected chi connectivity index (χ2v) is 5.31. The summed E-state index contributed by atoms with van der Waals surface area (Å²) < 4.78 is 15.4. The molecule has 0 fully saturated rings. The SMILES string of the molecule is Cc1ccc2c(c1)c(C)cc1c3cc(F)ccc3nn21. The third kappa shape index (κ3) is 1.46. The van der Waals surface area contributed by atoms with E-state index in [1.165, 1.54) is 22.6 Å². The first-order chi connectivity index (χ1) is 9.63. The maximum atomic E-state index is 13.5. The van der Waals surface area contributed by atoms with Crippen LogP contribution in [0.25, 0.3) is 27.3 Å². The summed E-state index contributed by atoms with van der Waals surface area (Å²) in [6, 6.07) is 13.1. The van der Waals surface area contributed by atoms with E-state index in [-0.39, 0.29) is 5.82 Å². The lowest BCUT2D eigenvalue weighted by Crippen LogP contribution is -1.92. The van der Waals surface area contributed by atoms with Crippen molar-refractivity contribution < 1.29 is 4.39 Å². The number of benzene rings is 2. The van der Waals surface area contributed by atoms with Crippen LogP contribution in [0.5, 0.6) is 0 Å². The van der Waals surface area contributed by atoms with E-state index in [1.807, 2.05) is 4.52 Å². The molecule has 0 radical (unpaired) electrons. The third-order valence-electron chi connectivity index (χ3n) is 3.83. The smallest absolute Gasteiger partial charge is 0.124 e. The minimum Gasteiger partial charge on any atom is -0.232 e. The fraction of sp³-hybridized carbons (Fsp3) is 0.118. The predicted molar refractivity (Wildman–Crippen MR) is 79.6 cm³/mol. The molecular formula is C17H13FN2. The monoisotopic (exact) mass is 264 g/mol. The molecule has 0 unspecified atom stereocenters. The lowest BCUT2D eigenvalue weighted by molar-refractivity contribution is 0.630. The molecule has 0 aliphatic carbocycles. The summed E-state index contributed by atoms with van der Waals surface area (Å²) in [5.41, 5.74) is 5.24. The Morgan fingerprint density at radius 1 is 0.900 bits per heavy atom. The zero-order chi connectivity index (χ0) is 13.9. The molecule has 2 aromatic carbocycles. The Labute approximate surface area is 115 Å². The summed E-state index contributed by atoms with van der Waals surface area (Å²) in [4.78, 5) is 0. The van der Waals surface area contributed by atoms with Gasteiger partial charge >= 0.3 is 0 Å². The molecule has 20 heavy (non-hydrogen) atoms. The lowest BCUT2D eigenvalue weighted by Gasteiger charge is -2.06. The van der Waals surface area contributed by atoms with Gasteiger partial charge in [-0.2, -0.15) is 5.10 Å². The van der Waals surface area contributed by atoms with Gasteiger partial charge in [0.2, 0.25) is 0 Å². The van der Waals surface area contributed by atoms with Crippen LogP contribution in [0.15, 0.2) is 42.5 Å². The van der Waals surface area contributed by atoms with Crippen LogP contribution < -0.4 is 0 Å². The Morgan fingerprint density at radius 3 is 2.60 bits per heavy atom. The standard InChI is InChI=1S/C17H13FN2/c1-10-3-6-16-13(7-10)11(2)8-17-14-9-12(18)4-5-15(14)19-20(16)17/h3-9H,1-2H3. The highest BCUT2D eigenvalue weighted by Gasteiger charge is 2.10. The quantitative estimate of drug-likeness (QED) is 0.460. The predicted octanol–water partition coefficient (Wildman–Crippen LogP) is 4.40. The second kappa shape index (κ2) is 3.79. The highest BCUT2D eigenvalue weighted by molar-refractivity contribution is 5.99. The van der Waals surface area contributed by atoms with Crippen molar-refractivity contribution in [2.75, 3.05) is 0 Å². The molecule has 0 saturated carbocycles. The van der Waals surface area contributed by atoms with Crippen molar-refractivity contribution >= 4 is 27.3 Å². The van der Waals surface area contributed by atoms with E-state index in [9.17, 15) is 4.39 Å². The first-order valence-corrected chi connectivity index (χ1v) is 6.61. The van der Waals surface area contributed by atoms with E-state index in [0.717, 1.165) is 21.9 Å². The average Bonchev–Trinajstić information content (AvgIpc) is 2.77. The largest absolute Gasteiger partial charge is 0.232 e. The van der Waals surface area contributed by atoms with Gasteiger partial charge in [0.05, 0.1) is 16.6 Å². The van der Waals surface area contributed by atoms with Crippen LogP contribution in [-0.4, -0.2) is 9.61 Å². The molecule has 2 aromatic heterocycles. The number of hydrogen-bond acceptors (Lipinski definition) is 1. The molecule has 0 saturated heterocycles. The van der Waals surface area contributed by atoms with Gasteiger partial charge < -0.3 is 0 Å². The highest BCUT2D eigenvalue weighted by atomic mass is 19.1. The van der Waals surface area contributed by atoms with Crippen LogP contribution in [0.1, 0.15) is 11.1 Å². The van der Waals surface area contributed by atoms with Gasteiger partial charge in [0.1, 0.15) is 5.82 Å². The van der Waals surface area contributed by atoms with Gasteiger partial charge in [-0.15, -0.1) is 0 Å². The highest BCUT2D eigenvalue weighted by Crippen LogP contribution is 2.27. The van der Waals surface area contributed by atoms with Crippen molar-refractivity contribution in [2.45, 2.75) is 13.8 Å². The summed E-state index contributed by atoms with van der Waals surface area (Å²) in [5, 5.41) is 6.65. The van der Waals surface area contributed by atoms with Crippen LogP contribution >= 0.6 is 0 Å². The van der Waals surface area contributed by atoms with Crippen LogP contribution in [0.4, 0.5) is 4.39 Å². The average molecular weight is 264 g/mol. The normalized spacial score (nSPS) is 11.8. The summed E-state index contributed by atoms with van der Waals surface area (Å²) in [5.74, 6) is -0.228. The molecular weight excluding hydrogens is 251 g/mol. The molecule has 0 N–H and O–H groups in total. The van der Waals surface area contributed by atoms with Gasteiger partial charge in [0.25, 0.3) is 0 Å². The molecule has 0 atom stereocenters. The Balaban J connectivity index is 2.29. The number of hydrogen-bond donors (Lipinski definition) is 0. The van der Waals surface area contributed by atoms with Crippen LogP contribution in [-0.2, 0) is 0 Å². The van der Waals surface area contributed by atoms with Gasteiger partial charge in [-0.25, -0.2) is 8.91 Å². The number of pyridine rings is 1. The number of halogens is 1. The number of aromatic nitrogens is 2. The molecule has 0 spiro atoms. The first kappa shape index (κ1) is 11.4. The molecule has 4 aromatic rings. The fourth-order valence-electron chi connectivity index (χ4n) is 2.83. The van der Waals surface area contributed by atoms with E-state index in [0.29, 0.717) is 0 Å². The Morgan fingerprint density at radius 2 is 1.75 bits per heavy atom. The summed E-state index contributed by atoms with van der Waals surface area (Å²) in [6.07, 6.45) is 0. The van der Waals surface area contributed by atoms with Crippen molar-refractivity contribution in [3.63, 3.8) is 0 Å². The van der Waals surface area contributed by atoms with Gasteiger partial charge in [-0.3, -0.25) is 0 Å². The van der Waals surface area contributed by atoms with Gasteiger partial charge in [-0.05, 0) is 55.8 Å². The van der Waals surface area contributed by atoms with Crippen molar-refractivity contribution in [2.24, 2.45) is 0 Å². The number of aryl methyl sites for hydroxylation is 2. The molecule has 0 bridgehead atoms. The molecule has 3 heteroatoms. The molecule has 0 amide bonds. The van der Waals surface area contributed by atoms with E-state index in [2.05, 4.69) is 43.2 Å². The van der Waals surface area contributed by atoms with Crippen LogP contribution in [0.2, 0.25) is 0 Å². The van der Waals surface area contributed by atoms with Gasteiger partial charge in [0.15, 0.2) is 0 Å². The molecule has 2 heterocycles. The van der Waals surface area contributed by atoms with Crippen LogP contribution in [0.3, 0.4) is 0 Å². The third-order valence-corrected chi connectivity index (χ3v) is 3.83. The molecule has 2 nitrogen and oxygen atoms in total. The van der Waals surface area contributed by atoms with E-state index < -0.39 is 0 Å². The Bertz CT molecular complexity index is 983. The summed E-state index contributed by atoms with van der Waals surface area (Å²) in [6.45, 7) is 4.16. The lowest BCUT2D eigenvalue weighted by atomic mass is 10.1. The molecule has 0 aliphatic rings. The second-order valence-electron chi connectivity index (χ2n) is 5.31. The number of nitrogens with zero attached hydrogens (tertiary/aromatic N) is 2. The zero-order valence-corrected chi connectivity index (χ0v) is 11.3. The van der Waals surface area contributed by atoms with Crippen molar-refractivity contribution in [1.29, 1.82) is 0 Å². The first-order valence-electron chi connectivity index (χ1n) is 6.61. The molecule has 4 rings (SSSR count). The topological polar surface area (TPSA) is 17.3 Å². The van der Waals surface area contributed by atoms with Gasteiger partial charge in [0, 0.05) is 10.8 Å². The van der Waals surface area contributed by atoms with Crippen molar-refractivity contribution in [3.8, 4) is 0 Å². The van der Waals surface area contributed by atoms with E-state index >= 15 is 0 Å². The maximum Gasteiger partial charge on any atom is 0.124 e. The minimum absolute atomic E-state index is 0.228. The van der Waals surface area contributed by atoms with E-state index in [4.69, 9.17) is 0 Å². The molecule has 0 aliphatic heterocycles. The molecule has 98 valence electrons. The summed E-state index contributed by atoms with van der Waals surface area (Å²) >= 11 is 0. The summed E-state index contributed by atoms with van der Waals surface area (Å²) in [7, 11) is 0. The van der Waals surface area contributed by atoms with E-state index in [1.54, 1.807) is 12.1 Å². The number of fused-ring (bicyclic) bond motifs is 5. The fourth-order valence-corrected chi connectivity index (χ4v) is 2.83. The zero-order valence-electron chi connectivity index (χ0n) is 11.3.